The maximum absolute atomic E-state index is 13.6. The highest BCUT2D eigenvalue weighted by Gasteiger charge is 2.23. The Bertz CT molecular complexity index is 895. The summed E-state index contributed by atoms with van der Waals surface area (Å²) >= 11 is 0. The molecule has 0 radical (unpaired) electrons. The van der Waals surface area contributed by atoms with E-state index in [2.05, 4.69) is 5.32 Å². The van der Waals surface area contributed by atoms with Crippen LogP contribution in [0.2, 0.25) is 0 Å². The lowest BCUT2D eigenvalue weighted by molar-refractivity contribution is -0.123. The summed E-state index contributed by atoms with van der Waals surface area (Å²) in [6.07, 6.45) is 0.0167. The predicted molar refractivity (Wildman–Crippen MR) is 97.9 cm³/mol. The van der Waals surface area contributed by atoms with Gasteiger partial charge in [-0.05, 0) is 49.7 Å². The molecule has 3 rings (SSSR count). The summed E-state index contributed by atoms with van der Waals surface area (Å²) in [5.41, 5.74) is 0.266. The molecule has 0 unspecified atom stereocenters. The Morgan fingerprint density at radius 1 is 1.11 bits per heavy atom. The van der Waals surface area contributed by atoms with Gasteiger partial charge in [0, 0.05) is 18.7 Å². The number of esters is 1. The van der Waals surface area contributed by atoms with Crippen LogP contribution >= 0.6 is 0 Å². The van der Waals surface area contributed by atoms with Crippen molar-refractivity contribution < 1.29 is 27.9 Å². The average molecular weight is 388 g/mol. The molecule has 0 aromatic heterocycles. The minimum absolute atomic E-state index is 0.0287. The van der Waals surface area contributed by atoms with E-state index in [0.717, 1.165) is 18.6 Å². The molecule has 6 nitrogen and oxygen atoms in total. The van der Waals surface area contributed by atoms with Crippen LogP contribution in [0.4, 0.5) is 20.2 Å². The first-order chi connectivity index (χ1) is 13.4. The van der Waals surface area contributed by atoms with Crippen molar-refractivity contribution in [3.8, 4) is 0 Å². The number of carbonyl (C=O) groups is 3. The Hall–Kier alpha value is -3.29. The summed E-state index contributed by atoms with van der Waals surface area (Å²) in [4.78, 5) is 37.7. The van der Waals surface area contributed by atoms with Crippen LogP contribution in [-0.4, -0.2) is 30.4 Å². The van der Waals surface area contributed by atoms with Crippen molar-refractivity contribution in [2.24, 2.45) is 0 Å². The summed E-state index contributed by atoms with van der Waals surface area (Å²) in [5, 5.41) is 2.08. The van der Waals surface area contributed by atoms with E-state index in [4.69, 9.17) is 4.74 Å². The minimum Gasteiger partial charge on any atom is -0.449 e. The quantitative estimate of drug-likeness (QED) is 0.798. The minimum atomic E-state index is -1.27. The first kappa shape index (κ1) is 19.5. The number of carbonyl (C=O) groups excluding carboxylic acids is 3. The first-order valence-corrected chi connectivity index (χ1v) is 8.73. The van der Waals surface area contributed by atoms with Crippen LogP contribution in [0.5, 0.6) is 0 Å². The molecule has 8 heteroatoms. The van der Waals surface area contributed by atoms with Crippen molar-refractivity contribution in [2.45, 2.75) is 25.9 Å². The second kappa shape index (κ2) is 8.16. The topological polar surface area (TPSA) is 75.7 Å². The highest BCUT2D eigenvalue weighted by molar-refractivity contribution is 5.98. The van der Waals surface area contributed by atoms with Gasteiger partial charge in [-0.25, -0.2) is 13.6 Å². The molecule has 1 saturated heterocycles. The van der Waals surface area contributed by atoms with Gasteiger partial charge in [-0.3, -0.25) is 9.59 Å². The van der Waals surface area contributed by atoms with Crippen LogP contribution in [0.1, 0.15) is 30.1 Å². The molecule has 0 saturated carbocycles. The van der Waals surface area contributed by atoms with Crippen LogP contribution in [0.25, 0.3) is 0 Å². The van der Waals surface area contributed by atoms with Gasteiger partial charge in [0.15, 0.2) is 6.10 Å². The molecule has 28 heavy (non-hydrogen) atoms. The lowest BCUT2D eigenvalue weighted by atomic mass is 10.2. The van der Waals surface area contributed by atoms with E-state index < -0.39 is 35.3 Å². The lowest BCUT2D eigenvalue weighted by Crippen LogP contribution is -2.30. The monoisotopic (exact) mass is 388 g/mol. The van der Waals surface area contributed by atoms with Gasteiger partial charge < -0.3 is 15.0 Å². The molecule has 1 heterocycles. The van der Waals surface area contributed by atoms with Crippen molar-refractivity contribution in [3.63, 3.8) is 0 Å². The molecular weight excluding hydrogens is 370 g/mol. The second-order valence-corrected chi connectivity index (χ2v) is 6.33. The van der Waals surface area contributed by atoms with Gasteiger partial charge in [-0.2, -0.15) is 0 Å². The Kier molecular flexibility index (Phi) is 5.67. The number of para-hydroxylation sites is 1. The maximum Gasteiger partial charge on any atom is 0.338 e. The molecule has 1 N–H and O–H groups in total. The number of rotatable bonds is 5. The van der Waals surface area contributed by atoms with Gasteiger partial charge in [0.05, 0.1) is 5.56 Å². The van der Waals surface area contributed by atoms with Crippen LogP contribution in [0.3, 0.4) is 0 Å². The number of amides is 2. The van der Waals surface area contributed by atoms with E-state index in [1.807, 2.05) is 0 Å². The Morgan fingerprint density at radius 3 is 2.32 bits per heavy atom. The van der Waals surface area contributed by atoms with Crippen molar-refractivity contribution in [3.05, 3.63) is 59.7 Å². The molecule has 1 atom stereocenters. The number of benzene rings is 2. The van der Waals surface area contributed by atoms with Crippen LogP contribution in [0, 0.1) is 11.6 Å². The molecule has 1 fully saturated rings. The number of halogens is 2. The first-order valence-electron chi connectivity index (χ1n) is 8.73. The largest absolute Gasteiger partial charge is 0.449 e. The molecule has 0 aliphatic carbocycles. The number of hydrogen-bond donors (Lipinski definition) is 1. The molecule has 2 aromatic rings. The number of nitrogens with one attached hydrogen (secondary N) is 1. The zero-order valence-corrected chi connectivity index (χ0v) is 15.1. The second-order valence-electron chi connectivity index (χ2n) is 6.33. The third-order valence-electron chi connectivity index (χ3n) is 4.35. The van der Waals surface area contributed by atoms with Gasteiger partial charge in [0.1, 0.15) is 17.3 Å². The summed E-state index contributed by atoms with van der Waals surface area (Å²) in [6.45, 7) is 1.93. The predicted octanol–water partition coefficient (Wildman–Crippen LogP) is 3.28. The number of hydrogen-bond acceptors (Lipinski definition) is 4. The molecule has 146 valence electrons. The highest BCUT2D eigenvalue weighted by atomic mass is 19.1. The molecule has 1 aliphatic rings. The summed E-state index contributed by atoms with van der Waals surface area (Å²) in [7, 11) is 0. The zero-order chi connectivity index (χ0) is 20.3. The third-order valence-corrected chi connectivity index (χ3v) is 4.35. The Balaban J connectivity index is 1.62. The number of anilines is 2. The molecule has 2 aromatic carbocycles. The SMILES string of the molecule is C[C@@H](OC(=O)c1ccc(N2CCCC2=O)cc1)C(=O)Nc1c(F)cccc1F. The van der Waals surface area contributed by atoms with Gasteiger partial charge >= 0.3 is 5.97 Å². The standard InChI is InChI=1S/C20H18F2N2O4/c1-12(19(26)23-18-15(21)4-2-5-16(18)22)28-20(27)13-7-9-14(10-8-13)24-11-3-6-17(24)25/h2,4-5,7-10,12H,3,6,11H2,1H3,(H,23,26)/t12-/m1/s1. The third kappa shape index (κ3) is 4.16. The molecule has 0 spiro atoms. The molecule has 2 amide bonds. The summed E-state index contributed by atoms with van der Waals surface area (Å²) in [5.74, 6) is -3.47. The van der Waals surface area contributed by atoms with E-state index in [9.17, 15) is 23.2 Å². The van der Waals surface area contributed by atoms with Gasteiger partial charge in [-0.1, -0.05) is 6.07 Å². The fraction of sp³-hybridized carbons (Fsp3) is 0.250. The summed E-state index contributed by atoms with van der Waals surface area (Å²) < 4.78 is 32.3. The number of ether oxygens (including phenoxy) is 1. The average Bonchev–Trinajstić information content (AvgIpc) is 3.10. The Morgan fingerprint density at radius 2 is 1.75 bits per heavy atom. The molecule has 0 bridgehead atoms. The van der Waals surface area contributed by atoms with Crippen molar-refractivity contribution in [2.75, 3.05) is 16.8 Å². The highest BCUT2D eigenvalue weighted by Crippen LogP contribution is 2.22. The fourth-order valence-electron chi connectivity index (χ4n) is 2.82. The van der Waals surface area contributed by atoms with Gasteiger partial charge in [0.25, 0.3) is 5.91 Å². The van der Waals surface area contributed by atoms with E-state index >= 15 is 0 Å². The van der Waals surface area contributed by atoms with E-state index in [0.29, 0.717) is 18.7 Å². The molecular formula is C20H18F2N2O4. The van der Waals surface area contributed by atoms with Crippen LogP contribution < -0.4 is 10.2 Å². The zero-order valence-electron chi connectivity index (χ0n) is 15.1. The lowest BCUT2D eigenvalue weighted by Gasteiger charge is -2.16. The van der Waals surface area contributed by atoms with Crippen LogP contribution in [-0.2, 0) is 14.3 Å². The maximum atomic E-state index is 13.6. The van der Waals surface area contributed by atoms with Crippen molar-refractivity contribution in [1.82, 2.24) is 0 Å². The van der Waals surface area contributed by atoms with Crippen molar-refractivity contribution >= 4 is 29.2 Å². The number of nitrogens with zero attached hydrogens (tertiary/aromatic N) is 1. The van der Waals surface area contributed by atoms with Crippen molar-refractivity contribution in [1.29, 1.82) is 0 Å². The Labute approximate surface area is 160 Å². The smallest absolute Gasteiger partial charge is 0.338 e. The van der Waals surface area contributed by atoms with E-state index in [1.54, 1.807) is 17.0 Å². The van der Waals surface area contributed by atoms with E-state index in [-0.39, 0.29) is 11.5 Å². The van der Waals surface area contributed by atoms with Gasteiger partial charge in [-0.15, -0.1) is 0 Å². The van der Waals surface area contributed by atoms with Gasteiger partial charge in [0.2, 0.25) is 5.91 Å². The molecule has 1 aliphatic heterocycles. The normalized spacial score (nSPS) is 14.7. The van der Waals surface area contributed by atoms with E-state index in [1.165, 1.54) is 25.1 Å². The van der Waals surface area contributed by atoms with Crippen LogP contribution in [0.15, 0.2) is 42.5 Å². The fourth-order valence-corrected chi connectivity index (χ4v) is 2.82. The summed E-state index contributed by atoms with van der Waals surface area (Å²) in [6, 6.07) is 9.40.